The molecule has 1 aliphatic heterocycles. The monoisotopic (exact) mass is 292 g/mol. The van der Waals surface area contributed by atoms with Gasteiger partial charge >= 0.3 is 0 Å². The van der Waals surface area contributed by atoms with Crippen molar-refractivity contribution >= 4 is 27.5 Å². The second kappa shape index (κ2) is 3.68. The molecule has 0 radical (unpaired) electrons. The van der Waals surface area contributed by atoms with Crippen molar-refractivity contribution in [2.24, 2.45) is 5.73 Å². The van der Waals surface area contributed by atoms with Crippen LogP contribution < -0.4 is 11.1 Å². The van der Waals surface area contributed by atoms with Gasteiger partial charge in [0.2, 0.25) is 5.91 Å². The Morgan fingerprint density at radius 2 is 2.29 bits per heavy atom. The summed E-state index contributed by atoms with van der Waals surface area (Å²) >= 11 is 3.34. The van der Waals surface area contributed by atoms with Gasteiger partial charge in [-0.15, -0.1) is 0 Å². The molecule has 86 valence electrons. The molecule has 1 aliphatic rings. The van der Waals surface area contributed by atoms with Crippen molar-refractivity contribution < 1.29 is 4.79 Å². The minimum absolute atomic E-state index is 0.168. The summed E-state index contributed by atoms with van der Waals surface area (Å²) in [5, 5.41) is 6.92. The standard InChI is InChI=1S/C11H9BrN4O/c12-6-4-14-16(5-6)7-1-2-8-9(3-7)15-11(17)10(8)13/h1-5,10H,13H2,(H,15,17). The van der Waals surface area contributed by atoms with Gasteiger partial charge in [-0.05, 0) is 28.1 Å². The molecule has 1 aromatic heterocycles. The van der Waals surface area contributed by atoms with Gasteiger partial charge in [0, 0.05) is 17.4 Å². The van der Waals surface area contributed by atoms with Gasteiger partial charge < -0.3 is 11.1 Å². The number of hydrogen-bond donors (Lipinski definition) is 2. The van der Waals surface area contributed by atoms with Crippen molar-refractivity contribution in [2.75, 3.05) is 5.32 Å². The van der Waals surface area contributed by atoms with E-state index in [4.69, 9.17) is 5.73 Å². The van der Waals surface area contributed by atoms with E-state index in [2.05, 4.69) is 26.3 Å². The first-order valence-electron chi connectivity index (χ1n) is 5.06. The quantitative estimate of drug-likeness (QED) is 0.838. The Morgan fingerprint density at radius 1 is 1.47 bits per heavy atom. The maximum Gasteiger partial charge on any atom is 0.245 e. The number of halogens is 1. The number of rotatable bonds is 1. The Labute approximate surface area is 106 Å². The predicted octanol–water partition coefficient (Wildman–Crippen LogP) is 1.59. The topological polar surface area (TPSA) is 72.9 Å². The SMILES string of the molecule is NC1C(=O)Nc2cc(-n3cc(Br)cn3)ccc21. The summed E-state index contributed by atoms with van der Waals surface area (Å²) in [7, 11) is 0. The van der Waals surface area contributed by atoms with Crippen LogP contribution in [0.2, 0.25) is 0 Å². The number of carbonyl (C=O) groups is 1. The van der Waals surface area contributed by atoms with E-state index in [1.807, 2.05) is 24.4 Å². The summed E-state index contributed by atoms with van der Waals surface area (Å²) in [5.74, 6) is -0.168. The smallest absolute Gasteiger partial charge is 0.245 e. The van der Waals surface area contributed by atoms with E-state index < -0.39 is 6.04 Å². The first-order valence-corrected chi connectivity index (χ1v) is 5.85. The molecule has 1 amide bonds. The lowest BCUT2D eigenvalue weighted by atomic mass is 10.1. The minimum Gasteiger partial charge on any atom is -0.324 e. The lowest BCUT2D eigenvalue weighted by Gasteiger charge is -2.05. The van der Waals surface area contributed by atoms with E-state index in [1.165, 1.54) is 0 Å². The number of hydrogen-bond acceptors (Lipinski definition) is 3. The number of nitrogens with zero attached hydrogens (tertiary/aromatic N) is 2. The molecular formula is C11H9BrN4O. The molecule has 6 heteroatoms. The Kier molecular flexibility index (Phi) is 2.27. The molecule has 0 spiro atoms. The van der Waals surface area contributed by atoms with Gasteiger partial charge in [-0.25, -0.2) is 4.68 Å². The molecular weight excluding hydrogens is 284 g/mol. The maximum atomic E-state index is 11.4. The molecule has 1 unspecified atom stereocenters. The average molecular weight is 293 g/mol. The Bertz CT molecular complexity index is 607. The molecule has 0 aliphatic carbocycles. The van der Waals surface area contributed by atoms with Crippen LogP contribution in [0.4, 0.5) is 5.69 Å². The van der Waals surface area contributed by atoms with Crippen LogP contribution in [0, 0.1) is 0 Å². The van der Waals surface area contributed by atoms with Crippen LogP contribution in [-0.4, -0.2) is 15.7 Å². The zero-order valence-corrected chi connectivity index (χ0v) is 10.3. The number of carbonyl (C=O) groups excluding carboxylic acids is 1. The molecule has 0 bridgehead atoms. The van der Waals surface area contributed by atoms with Crippen LogP contribution in [0.3, 0.4) is 0 Å². The highest BCUT2D eigenvalue weighted by molar-refractivity contribution is 9.10. The lowest BCUT2D eigenvalue weighted by Crippen LogP contribution is -2.19. The summed E-state index contributed by atoms with van der Waals surface area (Å²) in [4.78, 5) is 11.4. The number of aromatic nitrogens is 2. The first kappa shape index (κ1) is 10.5. The number of amides is 1. The molecule has 3 N–H and O–H groups in total. The van der Waals surface area contributed by atoms with Crippen molar-refractivity contribution in [3.63, 3.8) is 0 Å². The van der Waals surface area contributed by atoms with Crippen LogP contribution in [0.1, 0.15) is 11.6 Å². The number of benzene rings is 1. The second-order valence-corrected chi connectivity index (χ2v) is 4.76. The zero-order valence-electron chi connectivity index (χ0n) is 8.72. The Morgan fingerprint density at radius 3 is 3.00 bits per heavy atom. The van der Waals surface area contributed by atoms with Crippen LogP contribution in [0.5, 0.6) is 0 Å². The molecule has 0 fully saturated rings. The summed E-state index contributed by atoms with van der Waals surface area (Å²) < 4.78 is 2.62. The van der Waals surface area contributed by atoms with E-state index in [0.29, 0.717) is 0 Å². The maximum absolute atomic E-state index is 11.4. The van der Waals surface area contributed by atoms with Crippen molar-refractivity contribution in [2.45, 2.75) is 6.04 Å². The number of nitrogens with two attached hydrogens (primary N) is 1. The van der Waals surface area contributed by atoms with Crippen LogP contribution in [-0.2, 0) is 4.79 Å². The minimum atomic E-state index is -0.566. The van der Waals surface area contributed by atoms with E-state index >= 15 is 0 Å². The largest absolute Gasteiger partial charge is 0.324 e. The van der Waals surface area contributed by atoms with Crippen molar-refractivity contribution in [1.82, 2.24) is 9.78 Å². The highest BCUT2D eigenvalue weighted by atomic mass is 79.9. The summed E-state index contributed by atoms with van der Waals surface area (Å²) in [6.45, 7) is 0. The second-order valence-electron chi connectivity index (χ2n) is 3.84. The molecule has 2 aromatic rings. The van der Waals surface area contributed by atoms with Gasteiger partial charge in [0.05, 0.1) is 16.4 Å². The normalized spacial score (nSPS) is 18.0. The number of anilines is 1. The zero-order chi connectivity index (χ0) is 12.0. The summed E-state index contributed by atoms with van der Waals surface area (Å²) in [5.41, 5.74) is 8.20. The van der Waals surface area contributed by atoms with Crippen LogP contribution in [0.25, 0.3) is 5.69 Å². The van der Waals surface area contributed by atoms with Gasteiger partial charge in [0.15, 0.2) is 0 Å². The highest BCUT2D eigenvalue weighted by Crippen LogP contribution is 2.30. The molecule has 17 heavy (non-hydrogen) atoms. The third-order valence-electron chi connectivity index (χ3n) is 2.73. The third kappa shape index (κ3) is 1.65. The molecule has 1 atom stereocenters. The molecule has 2 heterocycles. The predicted molar refractivity (Wildman–Crippen MR) is 66.8 cm³/mol. The highest BCUT2D eigenvalue weighted by Gasteiger charge is 2.27. The van der Waals surface area contributed by atoms with Crippen LogP contribution >= 0.6 is 15.9 Å². The fraction of sp³-hybridized carbons (Fsp3) is 0.0909. The molecule has 0 saturated heterocycles. The summed E-state index contributed by atoms with van der Waals surface area (Å²) in [6.07, 6.45) is 3.55. The fourth-order valence-corrected chi connectivity index (χ4v) is 2.15. The molecule has 5 nitrogen and oxygen atoms in total. The fourth-order valence-electron chi connectivity index (χ4n) is 1.86. The summed E-state index contributed by atoms with van der Waals surface area (Å²) in [6, 6.07) is 5.03. The Balaban J connectivity index is 2.06. The van der Waals surface area contributed by atoms with Gasteiger partial charge in [0.1, 0.15) is 6.04 Å². The lowest BCUT2D eigenvalue weighted by molar-refractivity contribution is -0.116. The van der Waals surface area contributed by atoms with Gasteiger partial charge in [-0.1, -0.05) is 6.07 Å². The van der Waals surface area contributed by atoms with Gasteiger partial charge in [0.25, 0.3) is 0 Å². The number of fused-ring (bicyclic) bond motifs is 1. The van der Waals surface area contributed by atoms with E-state index in [0.717, 1.165) is 21.4 Å². The van der Waals surface area contributed by atoms with Gasteiger partial charge in [-0.3, -0.25) is 4.79 Å². The van der Waals surface area contributed by atoms with Crippen molar-refractivity contribution in [1.29, 1.82) is 0 Å². The first-order chi connectivity index (χ1) is 8.15. The van der Waals surface area contributed by atoms with Crippen LogP contribution in [0.15, 0.2) is 35.1 Å². The average Bonchev–Trinajstić information content (AvgIpc) is 2.85. The Hall–Kier alpha value is -1.66. The van der Waals surface area contributed by atoms with E-state index in [-0.39, 0.29) is 5.91 Å². The van der Waals surface area contributed by atoms with E-state index in [9.17, 15) is 4.79 Å². The van der Waals surface area contributed by atoms with Gasteiger partial charge in [-0.2, -0.15) is 5.10 Å². The molecule has 1 aromatic carbocycles. The van der Waals surface area contributed by atoms with Crippen molar-refractivity contribution in [3.8, 4) is 5.69 Å². The number of nitrogens with one attached hydrogen (secondary N) is 1. The molecule has 0 saturated carbocycles. The van der Waals surface area contributed by atoms with Crippen molar-refractivity contribution in [3.05, 3.63) is 40.6 Å². The molecule has 3 rings (SSSR count). The van der Waals surface area contributed by atoms with E-state index in [1.54, 1.807) is 10.9 Å². The third-order valence-corrected chi connectivity index (χ3v) is 3.14.